The summed E-state index contributed by atoms with van der Waals surface area (Å²) in [6.45, 7) is 0. The second-order valence-corrected chi connectivity index (χ2v) is 3.56. The molecule has 1 amide bonds. The van der Waals surface area contributed by atoms with Crippen molar-refractivity contribution in [3.8, 4) is 0 Å². The van der Waals surface area contributed by atoms with Gasteiger partial charge in [-0.05, 0) is 12.1 Å². The van der Waals surface area contributed by atoms with Gasteiger partial charge in [0.2, 0.25) is 0 Å². The first-order valence-electron chi connectivity index (χ1n) is 4.06. The number of nitrogens with zero attached hydrogens (tertiary/aromatic N) is 1. The zero-order valence-electron chi connectivity index (χ0n) is 7.31. The van der Waals surface area contributed by atoms with Crippen molar-refractivity contribution in [1.29, 1.82) is 0 Å². The zero-order valence-corrected chi connectivity index (χ0v) is 8.12. The highest BCUT2D eigenvalue weighted by atomic mass is 32.2. The van der Waals surface area contributed by atoms with E-state index in [1.165, 1.54) is 11.9 Å². The van der Waals surface area contributed by atoms with Gasteiger partial charge in [0.05, 0.1) is 11.3 Å². The van der Waals surface area contributed by atoms with Crippen molar-refractivity contribution in [2.45, 2.75) is 0 Å². The third kappa shape index (κ3) is 1.54. The molecule has 1 aliphatic heterocycles. The van der Waals surface area contributed by atoms with Gasteiger partial charge in [-0.1, -0.05) is 12.1 Å². The van der Waals surface area contributed by atoms with Crippen LogP contribution in [0.25, 0.3) is 0 Å². The topological polar surface area (TPSA) is 58.4 Å². The Kier molecular flexibility index (Phi) is 2.32. The monoisotopic (exact) mass is 207 g/mol. The average molecular weight is 207 g/mol. The predicted octanol–water partition coefficient (Wildman–Crippen LogP) is 1.23. The van der Waals surface area contributed by atoms with Crippen LogP contribution in [0.2, 0.25) is 0 Å². The molecule has 0 radical (unpaired) electrons. The molecule has 5 heteroatoms. The highest BCUT2D eigenvalue weighted by Gasteiger charge is 2.15. The molecule has 0 bridgehead atoms. The van der Waals surface area contributed by atoms with Crippen LogP contribution >= 0.6 is 11.9 Å². The van der Waals surface area contributed by atoms with Crippen LogP contribution in [0.15, 0.2) is 35.9 Å². The van der Waals surface area contributed by atoms with Crippen LogP contribution in [0.1, 0.15) is 10.4 Å². The number of anilines is 1. The minimum atomic E-state index is -0.421. The van der Waals surface area contributed by atoms with Crippen molar-refractivity contribution in [3.63, 3.8) is 0 Å². The van der Waals surface area contributed by atoms with E-state index in [0.717, 1.165) is 5.69 Å². The molecule has 1 aromatic carbocycles. The Morgan fingerprint density at radius 2 is 2.21 bits per heavy atom. The van der Waals surface area contributed by atoms with Gasteiger partial charge in [0, 0.05) is 23.6 Å². The fourth-order valence-electron chi connectivity index (χ4n) is 1.21. The first-order valence-corrected chi connectivity index (χ1v) is 4.89. The molecule has 0 fully saturated rings. The molecule has 0 unspecified atom stereocenters. The van der Waals surface area contributed by atoms with E-state index >= 15 is 0 Å². The highest BCUT2D eigenvalue weighted by molar-refractivity contribution is 8.03. The van der Waals surface area contributed by atoms with Gasteiger partial charge in [0.15, 0.2) is 0 Å². The Labute approximate surface area is 85.9 Å². The molecule has 0 atom stereocenters. The molecule has 4 nitrogen and oxygen atoms in total. The number of carbonyl (C=O) groups is 1. The van der Waals surface area contributed by atoms with Gasteiger partial charge in [-0.3, -0.25) is 10.2 Å². The summed E-state index contributed by atoms with van der Waals surface area (Å²) >= 11 is 1.46. The van der Waals surface area contributed by atoms with E-state index in [4.69, 9.17) is 5.73 Å². The van der Waals surface area contributed by atoms with Crippen molar-refractivity contribution >= 4 is 23.5 Å². The van der Waals surface area contributed by atoms with Crippen molar-refractivity contribution < 1.29 is 4.79 Å². The van der Waals surface area contributed by atoms with Crippen LogP contribution in [-0.2, 0) is 0 Å². The van der Waals surface area contributed by atoms with E-state index in [0.29, 0.717) is 5.56 Å². The predicted molar refractivity (Wildman–Crippen MR) is 57.3 cm³/mol. The molecular weight excluding hydrogens is 198 g/mol. The maximum atomic E-state index is 11.1. The minimum Gasteiger partial charge on any atom is -0.366 e. The number of primary amides is 1. The van der Waals surface area contributed by atoms with Crippen LogP contribution in [-0.4, -0.2) is 5.91 Å². The van der Waals surface area contributed by atoms with Crippen LogP contribution in [0, 0.1) is 0 Å². The number of carbonyl (C=O) groups excluding carboxylic acids is 1. The molecule has 0 saturated heterocycles. The molecule has 0 saturated carbocycles. The smallest absolute Gasteiger partial charge is 0.250 e. The lowest BCUT2D eigenvalue weighted by Gasteiger charge is -2.18. The zero-order chi connectivity index (χ0) is 9.97. The molecule has 1 aromatic rings. The molecular formula is C9H9N3OS. The van der Waals surface area contributed by atoms with Crippen molar-refractivity contribution in [2.24, 2.45) is 5.73 Å². The molecule has 3 N–H and O–H groups in total. The van der Waals surface area contributed by atoms with Gasteiger partial charge in [-0.2, -0.15) is 0 Å². The van der Waals surface area contributed by atoms with Gasteiger partial charge in [-0.25, -0.2) is 4.41 Å². The summed E-state index contributed by atoms with van der Waals surface area (Å²) in [6.07, 6.45) is 1.79. The summed E-state index contributed by atoms with van der Waals surface area (Å²) in [4.78, 5) is 11.1. The van der Waals surface area contributed by atoms with E-state index in [9.17, 15) is 4.79 Å². The largest absolute Gasteiger partial charge is 0.366 e. The number of hydrogen-bond acceptors (Lipinski definition) is 4. The summed E-state index contributed by atoms with van der Waals surface area (Å²) in [5, 5.41) is 1.89. The summed E-state index contributed by atoms with van der Waals surface area (Å²) in [5.74, 6) is -0.421. The minimum absolute atomic E-state index is 0.421. The summed E-state index contributed by atoms with van der Waals surface area (Å²) in [7, 11) is 0. The lowest BCUT2D eigenvalue weighted by atomic mass is 10.2. The van der Waals surface area contributed by atoms with E-state index in [-0.39, 0.29) is 0 Å². The van der Waals surface area contributed by atoms with Crippen LogP contribution in [0.4, 0.5) is 5.69 Å². The number of hydrazine groups is 1. The molecule has 72 valence electrons. The van der Waals surface area contributed by atoms with Crippen molar-refractivity contribution in [2.75, 3.05) is 4.41 Å². The van der Waals surface area contributed by atoms with Crippen molar-refractivity contribution in [3.05, 3.63) is 41.4 Å². The van der Waals surface area contributed by atoms with Crippen LogP contribution in [0.5, 0.6) is 0 Å². The Morgan fingerprint density at radius 1 is 1.43 bits per heavy atom. The number of rotatable bonds is 2. The van der Waals surface area contributed by atoms with E-state index in [1.807, 2.05) is 17.5 Å². The first-order chi connectivity index (χ1) is 6.79. The quantitative estimate of drug-likeness (QED) is 0.716. The SMILES string of the molecule is NC(=O)c1ccccc1N1NC=CS1. The molecule has 1 aliphatic rings. The van der Waals surface area contributed by atoms with Crippen molar-refractivity contribution in [1.82, 2.24) is 5.43 Å². The molecule has 0 aliphatic carbocycles. The number of hydrogen-bond donors (Lipinski definition) is 2. The summed E-state index contributed by atoms with van der Waals surface area (Å²) in [5.41, 5.74) is 9.52. The lowest BCUT2D eigenvalue weighted by Crippen LogP contribution is -2.26. The maximum Gasteiger partial charge on any atom is 0.250 e. The third-order valence-corrected chi connectivity index (χ3v) is 2.59. The normalized spacial score (nSPS) is 14.1. The Morgan fingerprint density at radius 3 is 2.86 bits per heavy atom. The highest BCUT2D eigenvalue weighted by Crippen LogP contribution is 2.27. The van der Waals surface area contributed by atoms with Gasteiger partial charge in [0.25, 0.3) is 5.91 Å². The molecule has 1 heterocycles. The van der Waals surface area contributed by atoms with Crippen LogP contribution in [0.3, 0.4) is 0 Å². The van der Waals surface area contributed by atoms with Gasteiger partial charge < -0.3 is 5.73 Å². The average Bonchev–Trinajstić information content (AvgIpc) is 2.70. The van der Waals surface area contributed by atoms with Gasteiger partial charge in [-0.15, -0.1) is 0 Å². The Bertz CT molecular complexity index is 383. The fourth-order valence-corrected chi connectivity index (χ4v) is 1.84. The van der Waals surface area contributed by atoms with E-state index in [1.54, 1.807) is 22.7 Å². The van der Waals surface area contributed by atoms with E-state index in [2.05, 4.69) is 5.43 Å². The van der Waals surface area contributed by atoms with E-state index < -0.39 is 5.91 Å². The van der Waals surface area contributed by atoms with Gasteiger partial charge in [0.1, 0.15) is 0 Å². The molecule has 0 spiro atoms. The molecule has 2 rings (SSSR count). The second-order valence-electron chi connectivity index (χ2n) is 2.71. The first kappa shape index (κ1) is 8.96. The number of nitrogens with one attached hydrogen (secondary N) is 1. The third-order valence-electron chi connectivity index (χ3n) is 1.81. The van der Waals surface area contributed by atoms with Gasteiger partial charge >= 0.3 is 0 Å². The van der Waals surface area contributed by atoms with Crippen LogP contribution < -0.4 is 15.6 Å². The Hall–Kier alpha value is -1.62. The number of nitrogens with two attached hydrogens (primary N) is 1. The maximum absolute atomic E-state index is 11.1. The lowest BCUT2D eigenvalue weighted by molar-refractivity contribution is 0.100. The summed E-state index contributed by atoms with van der Waals surface area (Å²) in [6, 6.07) is 7.20. The standard InChI is InChI=1S/C9H9N3OS/c10-9(13)7-3-1-2-4-8(7)12-11-5-6-14-12/h1-6,11H,(H2,10,13). The Balaban J connectivity index is 2.36. The number of amides is 1. The fraction of sp³-hybridized carbons (Fsp3) is 0. The molecule has 0 aromatic heterocycles. The number of para-hydroxylation sites is 1. The molecule has 14 heavy (non-hydrogen) atoms. The number of benzene rings is 1. The second kappa shape index (κ2) is 3.63. The summed E-state index contributed by atoms with van der Waals surface area (Å²) < 4.78 is 1.78.